The summed E-state index contributed by atoms with van der Waals surface area (Å²) in [7, 11) is 0. The van der Waals surface area contributed by atoms with E-state index < -0.39 is 0 Å². The topological polar surface area (TPSA) is 57.0 Å². The lowest BCUT2D eigenvalue weighted by Gasteiger charge is -2.01. The van der Waals surface area contributed by atoms with E-state index in [1.54, 1.807) is 30.2 Å². The Hall–Kier alpha value is -2.17. The van der Waals surface area contributed by atoms with Crippen LogP contribution in [0.4, 0.5) is 0 Å². The predicted octanol–water partition coefficient (Wildman–Crippen LogP) is 1.70. The monoisotopic (exact) mass is 245 g/mol. The van der Waals surface area contributed by atoms with Gasteiger partial charge >= 0.3 is 5.97 Å². The predicted molar refractivity (Wildman–Crippen MR) is 66.1 cm³/mol. The fraction of sp³-hybridized carbons (Fsp3) is 0.308. The summed E-state index contributed by atoms with van der Waals surface area (Å²) < 4.78 is 6.65. The van der Waals surface area contributed by atoms with E-state index in [1.807, 2.05) is 12.1 Å². The molecule has 0 unspecified atom stereocenters. The molecule has 0 fully saturated rings. The van der Waals surface area contributed by atoms with E-state index in [2.05, 4.69) is 10.1 Å². The van der Waals surface area contributed by atoms with Gasteiger partial charge in [0.1, 0.15) is 0 Å². The second kappa shape index (κ2) is 5.95. The summed E-state index contributed by atoms with van der Waals surface area (Å²) in [6.07, 6.45) is 7.63. The Morgan fingerprint density at radius 1 is 1.39 bits per heavy atom. The van der Waals surface area contributed by atoms with Gasteiger partial charge in [-0.25, -0.2) is 4.79 Å². The van der Waals surface area contributed by atoms with Crippen molar-refractivity contribution in [1.82, 2.24) is 14.8 Å². The van der Waals surface area contributed by atoms with Crippen LogP contribution in [0.15, 0.2) is 36.9 Å². The van der Waals surface area contributed by atoms with Crippen molar-refractivity contribution >= 4 is 5.97 Å². The summed E-state index contributed by atoms with van der Waals surface area (Å²) in [4.78, 5) is 15.4. The highest BCUT2D eigenvalue weighted by atomic mass is 16.5. The number of aryl methyl sites for hydroxylation is 2. The first-order valence-electron chi connectivity index (χ1n) is 5.88. The molecular weight excluding hydrogens is 230 g/mol. The highest BCUT2D eigenvalue weighted by Gasteiger charge is 2.08. The molecule has 18 heavy (non-hydrogen) atoms. The number of hydrogen-bond acceptors (Lipinski definition) is 4. The van der Waals surface area contributed by atoms with E-state index in [4.69, 9.17) is 4.74 Å². The van der Waals surface area contributed by atoms with Crippen LogP contribution < -0.4 is 0 Å². The first-order valence-corrected chi connectivity index (χ1v) is 5.88. The summed E-state index contributed by atoms with van der Waals surface area (Å²) in [5.41, 5.74) is 1.68. The Labute approximate surface area is 105 Å². The fourth-order valence-corrected chi connectivity index (χ4v) is 1.60. The van der Waals surface area contributed by atoms with Crippen LogP contribution in [0.3, 0.4) is 0 Å². The third-order valence-corrected chi connectivity index (χ3v) is 2.52. The molecule has 0 aromatic carbocycles. The summed E-state index contributed by atoms with van der Waals surface area (Å²) in [5, 5.41) is 4.13. The van der Waals surface area contributed by atoms with Gasteiger partial charge in [0.25, 0.3) is 0 Å². The number of carbonyl (C=O) groups is 1. The van der Waals surface area contributed by atoms with Gasteiger partial charge in [0, 0.05) is 25.1 Å². The van der Waals surface area contributed by atoms with Gasteiger partial charge in [0.05, 0.1) is 18.4 Å². The summed E-state index contributed by atoms with van der Waals surface area (Å²) >= 11 is 0. The number of pyridine rings is 1. The van der Waals surface area contributed by atoms with Crippen LogP contribution >= 0.6 is 0 Å². The number of rotatable bonds is 5. The Bertz CT molecular complexity index is 508. The van der Waals surface area contributed by atoms with Gasteiger partial charge in [-0.2, -0.15) is 5.10 Å². The molecule has 2 rings (SSSR count). The van der Waals surface area contributed by atoms with Gasteiger partial charge in [0.15, 0.2) is 0 Å². The largest absolute Gasteiger partial charge is 0.462 e. The third kappa shape index (κ3) is 3.16. The lowest BCUT2D eigenvalue weighted by molar-refractivity contribution is 0.0526. The van der Waals surface area contributed by atoms with Crippen molar-refractivity contribution in [1.29, 1.82) is 0 Å². The summed E-state index contributed by atoms with van der Waals surface area (Å²) in [5.74, 6) is -0.326. The van der Waals surface area contributed by atoms with Crippen molar-refractivity contribution in [2.75, 3.05) is 6.61 Å². The van der Waals surface area contributed by atoms with E-state index in [-0.39, 0.29) is 5.97 Å². The maximum Gasteiger partial charge on any atom is 0.341 e. The maximum absolute atomic E-state index is 11.4. The molecule has 2 aromatic rings. The Morgan fingerprint density at radius 3 is 2.89 bits per heavy atom. The minimum Gasteiger partial charge on any atom is -0.462 e. The Morgan fingerprint density at radius 2 is 2.17 bits per heavy atom. The van der Waals surface area contributed by atoms with E-state index >= 15 is 0 Å². The molecule has 94 valence electrons. The standard InChI is InChI=1S/C13H15N3O2/c1-2-18-13(17)12-9-15-16(10-12)8-5-11-3-6-14-7-4-11/h3-4,6-7,9-10H,2,5,8H2,1H3. The van der Waals surface area contributed by atoms with Crippen molar-refractivity contribution in [2.24, 2.45) is 0 Å². The molecule has 2 heterocycles. The Kier molecular flexibility index (Phi) is 4.06. The van der Waals surface area contributed by atoms with Crippen molar-refractivity contribution in [3.8, 4) is 0 Å². The van der Waals surface area contributed by atoms with Crippen LogP contribution in [0.2, 0.25) is 0 Å². The molecule has 5 nitrogen and oxygen atoms in total. The van der Waals surface area contributed by atoms with E-state index in [1.165, 1.54) is 11.8 Å². The smallest absolute Gasteiger partial charge is 0.341 e. The molecule has 0 amide bonds. The van der Waals surface area contributed by atoms with Crippen molar-refractivity contribution < 1.29 is 9.53 Å². The number of hydrogen-bond donors (Lipinski definition) is 0. The molecule has 0 atom stereocenters. The highest BCUT2D eigenvalue weighted by Crippen LogP contribution is 2.03. The number of aromatic nitrogens is 3. The minimum atomic E-state index is -0.326. The summed E-state index contributed by atoms with van der Waals surface area (Å²) in [6.45, 7) is 2.89. The molecule has 0 aliphatic rings. The number of esters is 1. The lowest BCUT2D eigenvalue weighted by atomic mass is 10.2. The van der Waals surface area contributed by atoms with Gasteiger partial charge in [-0.3, -0.25) is 9.67 Å². The lowest BCUT2D eigenvalue weighted by Crippen LogP contribution is -2.04. The third-order valence-electron chi connectivity index (χ3n) is 2.52. The van der Waals surface area contributed by atoms with Gasteiger partial charge < -0.3 is 4.74 Å². The first-order chi connectivity index (χ1) is 8.79. The second-order valence-corrected chi connectivity index (χ2v) is 3.82. The van der Waals surface area contributed by atoms with Crippen LogP contribution in [-0.4, -0.2) is 27.3 Å². The molecule has 2 aromatic heterocycles. The van der Waals surface area contributed by atoms with Crippen LogP contribution in [0, 0.1) is 0 Å². The normalized spacial score (nSPS) is 10.3. The molecule has 0 aliphatic heterocycles. The van der Waals surface area contributed by atoms with E-state index in [0.29, 0.717) is 12.2 Å². The molecule has 0 N–H and O–H groups in total. The van der Waals surface area contributed by atoms with Gasteiger partial charge in [-0.15, -0.1) is 0 Å². The summed E-state index contributed by atoms with van der Waals surface area (Å²) in [6, 6.07) is 3.94. The SMILES string of the molecule is CCOC(=O)c1cnn(CCc2ccncc2)c1. The highest BCUT2D eigenvalue weighted by molar-refractivity contribution is 5.88. The molecule has 0 radical (unpaired) electrons. The van der Waals surface area contributed by atoms with Crippen LogP contribution in [0.1, 0.15) is 22.8 Å². The van der Waals surface area contributed by atoms with E-state index in [0.717, 1.165) is 13.0 Å². The molecule has 0 saturated carbocycles. The van der Waals surface area contributed by atoms with Crippen molar-refractivity contribution in [2.45, 2.75) is 19.9 Å². The zero-order valence-corrected chi connectivity index (χ0v) is 10.2. The van der Waals surface area contributed by atoms with Crippen molar-refractivity contribution in [3.05, 3.63) is 48.0 Å². The fourth-order valence-electron chi connectivity index (χ4n) is 1.60. The van der Waals surface area contributed by atoms with Gasteiger partial charge in [-0.1, -0.05) is 0 Å². The maximum atomic E-state index is 11.4. The van der Waals surface area contributed by atoms with Crippen LogP contribution in [0.25, 0.3) is 0 Å². The molecule has 0 bridgehead atoms. The molecule has 0 aliphatic carbocycles. The van der Waals surface area contributed by atoms with Gasteiger partial charge in [-0.05, 0) is 31.0 Å². The quantitative estimate of drug-likeness (QED) is 0.752. The number of carbonyl (C=O) groups excluding carboxylic acids is 1. The molecule has 5 heteroatoms. The van der Waals surface area contributed by atoms with Crippen LogP contribution in [-0.2, 0) is 17.7 Å². The van der Waals surface area contributed by atoms with Crippen molar-refractivity contribution in [3.63, 3.8) is 0 Å². The number of ether oxygens (including phenoxy) is 1. The number of nitrogens with zero attached hydrogens (tertiary/aromatic N) is 3. The molecule has 0 saturated heterocycles. The average molecular weight is 245 g/mol. The van der Waals surface area contributed by atoms with Gasteiger partial charge in [0.2, 0.25) is 0 Å². The average Bonchev–Trinajstić information content (AvgIpc) is 2.87. The molecular formula is C13H15N3O2. The zero-order chi connectivity index (χ0) is 12.8. The zero-order valence-electron chi connectivity index (χ0n) is 10.2. The van der Waals surface area contributed by atoms with Crippen LogP contribution in [0.5, 0.6) is 0 Å². The molecule has 0 spiro atoms. The first kappa shape index (κ1) is 12.3. The second-order valence-electron chi connectivity index (χ2n) is 3.82. The minimum absolute atomic E-state index is 0.326. The Balaban J connectivity index is 1.93. The van der Waals surface area contributed by atoms with E-state index in [9.17, 15) is 4.79 Å².